The van der Waals surface area contributed by atoms with Crippen LogP contribution >= 0.6 is 0 Å². The van der Waals surface area contributed by atoms with Crippen molar-refractivity contribution in [1.29, 1.82) is 0 Å². The summed E-state index contributed by atoms with van der Waals surface area (Å²) in [5.41, 5.74) is 7.61. The highest BCUT2D eigenvalue weighted by Gasteiger charge is 2.17. The largest absolute Gasteiger partial charge is 0.493 e. The van der Waals surface area contributed by atoms with Crippen LogP contribution in [0.2, 0.25) is 0 Å². The SMILES string of the molecule is Cc1ccc(OCCC(=O)NC(C)(C)CN)cc1C. The summed E-state index contributed by atoms with van der Waals surface area (Å²) >= 11 is 0. The minimum atomic E-state index is -0.364. The Morgan fingerprint density at radius 1 is 1.32 bits per heavy atom. The van der Waals surface area contributed by atoms with Crippen molar-refractivity contribution in [3.63, 3.8) is 0 Å². The molecule has 0 spiro atoms. The van der Waals surface area contributed by atoms with Crippen molar-refractivity contribution < 1.29 is 9.53 Å². The number of ether oxygens (including phenoxy) is 1. The lowest BCUT2D eigenvalue weighted by molar-refractivity contribution is -0.123. The van der Waals surface area contributed by atoms with E-state index in [0.29, 0.717) is 19.6 Å². The van der Waals surface area contributed by atoms with Crippen molar-refractivity contribution in [2.24, 2.45) is 5.73 Å². The smallest absolute Gasteiger partial charge is 0.223 e. The number of hydrogen-bond donors (Lipinski definition) is 2. The lowest BCUT2D eigenvalue weighted by Crippen LogP contribution is -2.49. The third-order valence-corrected chi connectivity index (χ3v) is 3.06. The first kappa shape index (κ1) is 15.5. The normalized spacial score (nSPS) is 11.2. The molecule has 1 rings (SSSR count). The van der Waals surface area contributed by atoms with Crippen molar-refractivity contribution in [2.75, 3.05) is 13.2 Å². The number of benzene rings is 1. The molecule has 106 valence electrons. The van der Waals surface area contributed by atoms with E-state index in [0.717, 1.165) is 5.75 Å². The maximum Gasteiger partial charge on any atom is 0.223 e. The zero-order chi connectivity index (χ0) is 14.5. The Morgan fingerprint density at radius 2 is 2.00 bits per heavy atom. The van der Waals surface area contributed by atoms with Gasteiger partial charge < -0.3 is 15.8 Å². The molecule has 19 heavy (non-hydrogen) atoms. The van der Waals surface area contributed by atoms with Gasteiger partial charge in [-0.3, -0.25) is 4.79 Å². The first-order valence-corrected chi connectivity index (χ1v) is 6.55. The van der Waals surface area contributed by atoms with Gasteiger partial charge in [0.1, 0.15) is 5.75 Å². The van der Waals surface area contributed by atoms with Crippen molar-refractivity contribution in [2.45, 2.75) is 39.7 Å². The van der Waals surface area contributed by atoms with Crippen molar-refractivity contribution in [3.8, 4) is 5.75 Å². The molecule has 0 aromatic heterocycles. The summed E-state index contributed by atoms with van der Waals surface area (Å²) in [5.74, 6) is 0.758. The van der Waals surface area contributed by atoms with E-state index in [9.17, 15) is 4.79 Å². The maximum atomic E-state index is 11.7. The van der Waals surface area contributed by atoms with Gasteiger partial charge in [-0.05, 0) is 51.0 Å². The van der Waals surface area contributed by atoms with Gasteiger partial charge in [0.2, 0.25) is 5.91 Å². The second-order valence-corrected chi connectivity index (χ2v) is 5.48. The topological polar surface area (TPSA) is 64.3 Å². The van der Waals surface area contributed by atoms with Crippen LogP contribution < -0.4 is 15.8 Å². The molecule has 0 bridgehead atoms. The van der Waals surface area contributed by atoms with Gasteiger partial charge in [-0.15, -0.1) is 0 Å². The third-order valence-electron chi connectivity index (χ3n) is 3.06. The number of amides is 1. The number of rotatable bonds is 6. The minimum absolute atomic E-state index is 0.0423. The summed E-state index contributed by atoms with van der Waals surface area (Å²) in [6.45, 7) is 8.68. The van der Waals surface area contributed by atoms with Gasteiger partial charge in [-0.1, -0.05) is 6.07 Å². The van der Waals surface area contributed by atoms with Crippen LogP contribution in [-0.2, 0) is 4.79 Å². The van der Waals surface area contributed by atoms with Crippen molar-refractivity contribution in [3.05, 3.63) is 29.3 Å². The molecule has 0 aliphatic heterocycles. The van der Waals surface area contributed by atoms with Crippen LogP contribution in [0.4, 0.5) is 0 Å². The van der Waals surface area contributed by atoms with E-state index in [2.05, 4.69) is 12.2 Å². The summed E-state index contributed by atoms with van der Waals surface area (Å²) in [7, 11) is 0. The van der Waals surface area contributed by atoms with E-state index in [4.69, 9.17) is 10.5 Å². The molecule has 0 fully saturated rings. The van der Waals surface area contributed by atoms with E-state index in [1.54, 1.807) is 0 Å². The molecule has 1 aromatic carbocycles. The highest BCUT2D eigenvalue weighted by molar-refractivity contribution is 5.76. The van der Waals surface area contributed by atoms with Crippen LogP contribution in [0, 0.1) is 13.8 Å². The Bertz CT molecular complexity index is 442. The van der Waals surface area contributed by atoms with Gasteiger partial charge in [-0.2, -0.15) is 0 Å². The molecule has 0 radical (unpaired) electrons. The molecular formula is C15H24N2O2. The highest BCUT2D eigenvalue weighted by Crippen LogP contribution is 2.16. The van der Waals surface area contributed by atoms with Gasteiger partial charge in [0, 0.05) is 12.1 Å². The second kappa shape index (κ2) is 6.57. The Balaban J connectivity index is 2.38. The zero-order valence-electron chi connectivity index (χ0n) is 12.2. The molecule has 0 heterocycles. The van der Waals surface area contributed by atoms with Gasteiger partial charge in [0.25, 0.3) is 0 Å². The van der Waals surface area contributed by atoms with E-state index in [1.807, 2.05) is 39.0 Å². The lowest BCUT2D eigenvalue weighted by atomic mass is 10.1. The second-order valence-electron chi connectivity index (χ2n) is 5.48. The van der Waals surface area contributed by atoms with E-state index < -0.39 is 0 Å². The first-order chi connectivity index (χ1) is 8.84. The zero-order valence-corrected chi connectivity index (χ0v) is 12.2. The lowest BCUT2D eigenvalue weighted by Gasteiger charge is -2.24. The average molecular weight is 264 g/mol. The quantitative estimate of drug-likeness (QED) is 0.825. The molecule has 0 aliphatic carbocycles. The third kappa shape index (κ3) is 5.30. The van der Waals surface area contributed by atoms with Gasteiger partial charge in [0.05, 0.1) is 13.0 Å². The molecule has 0 saturated carbocycles. The van der Waals surface area contributed by atoms with E-state index in [1.165, 1.54) is 11.1 Å². The molecule has 4 heteroatoms. The Hall–Kier alpha value is -1.55. The number of nitrogens with two attached hydrogens (primary N) is 1. The summed E-state index contributed by atoms with van der Waals surface area (Å²) in [4.78, 5) is 11.7. The van der Waals surface area contributed by atoms with Gasteiger partial charge in [0.15, 0.2) is 0 Å². The fourth-order valence-corrected chi connectivity index (χ4v) is 1.56. The molecule has 1 amide bonds. The Kier molecular flexibility index (Phi) is 5.36. The number of carbonyl (C=O) groups excluding carboxylic acids is 1. The fourth-order valence-electron chi connectivity index (χ4n) is 1.56. The standard InChI is InChI=1S/C15H24N2O2/c1-11-5-6-13(9-12(11)2)19-8-7-14(18)17-15(3,4)10-16/h5-6,9H,7-8,10,16H2,1-4H3,(H,17,18). The van der Waals surface area contributed by atoms with Gasteiger partial charge in [-0.25, -0.2) is 0 Å². The van der Waals surface area contributed by atoms with Crippen molar-refractivity contribution in [1.82, 2.24) is 5.32 Å². The molecule has 0 atom stereocenters. The molecule has 0 saturated heterocycles. The van der Waals surface area contributed by atoms with Crippen LogP contribution in [0.15, 0.2) is 18.2 Å². The summed E-state index contributed by atoms with van der Waals surface area (Å²) < 4.78 is 5.57. The molecule has 0 unspecified atom stereocenters. The van der Waals surface area contributed by atoms with Gasteiger partial charge >= 0.3 is 0 Å². The summed E-state index contributed by atoms with van der Waals surface area (Å²) in [6, 6.07) is 5.92. The number of nitrogens with one attached hydrogen (secondary N) is 1. The predicted octanol–water partition coefficient (Wildman–Crippen LogP) is 1.93. The minimum Gasteiger partial charge on any atom is -0.493 e. The summed E-state index contributed by atoms with van der Waals surface area (Å²) in [6.07, 6.45) is 0.330. The number of carbonyl (C=O) groups is 1. The first-order valence-electron chi connectivity index (χ1n) is 6.55. The Labute approximate surface area is 115 Å². The number of aryl methyl sites for hydroxylation is 2. The summed E-state index contributed by atoms with van der Waals surface area (Å²) in [5, 5.41) is 2.87. The van der Waals surface area contributed by atoms with Crippen LogP contribution in [0.1, 0.15) is 31.4 Å². The van der Waals surface area contributed by atoms with E-state index in [-0.39, 0.29) is 11.4 Å². The van der Waals surface area contributed by atoms with Crippen LogP contribution in [0.25, 0.3) is 0 Å². The number of hydrogen-bond acceptors (Lipinski definition) is 3. The molecule has 0 aliphatic rings. The average Bonchev–Trinajstić information content (AvgIpc) is 2.33. The van der Waals surface area contributed by atoms with E-state index >= 15 is 0 Å². The molecular weight excluding hydrogens is 240 g/mol. The molecule has 3 N–H and O–H groups in total. The highest BCUT2D eigenvalue weighted by atomic mass is 16.5. The predicted molar refractivity (Wildman–Crippen MR) is 77.3 cm³/mol. The van der Waals surface area contributed by atoms with Crippen LogP contribution in [0.3, 0.4) is 0 Å². The monoisotopic (exact) mass is 264 g/mol. The van der Waals surface area contributed by atoms with Crippen molar-refractivity contribution >= 4 is 5.91 Å². The van der Waals surface area contributed by atoms with Crippen LogP contribution in [0.5, 0.6) is 5.75 Å². The van der Waals surface area contributed by atoms with Crippen LogP contribution in [-0.4, -0.2) is 24.6 Å². The Morgan fingerprint density at radius 3 is 2.58 bits per heavy atom. The fraction of sp³-hybridized carbons (Fsp3) is 0.533. The molecule has 1 aromatic rings. The maximum absolute atomic E-state index is 11.7. The molecule has 4 nitrogen and oxygen atoms in total.